The van der Waals surface area contributed by atoms with Crippen molar-refractivity contribution in [3.63, 3.8) is 0 Å². The summed E-state index contributed by atoms with van der Waals surface area (Å²) in [6, 6.07) is 20.5. The number of para-hydroxylation sites is 1. The molecule has 0 aliphatic heterocycles. The van der Waals surface area contributed by atoms with Crippen LogP contribution < -0.4 is 5.32 Å². The summed E-state index contributed by atoms with van der Waals surface area (Å²) in [5.74, 6) is 0. The molecule has 0 radical (unpaired) electrons. The third kappa shape index (κ3) is 2.68. The number of benzene rings is 2. The minimum atomic E-state index is -0.190. The number of hydrogen-bond donors (Lipinski definition) is 1. The summed E-state index contributed by atoms with van der Waals surface area (Å²) in [6.07, 6.45) is 0.784. The van der Waals surface area contributed by atoms with Crippen molar-refractivity contribution in [1.82, 2.24) is 0 Å². The van der Waals surface area contributed by atoms with E-state index in [1.807, 2.05) is 36.4 Å². The lowest BCUT2D eigenvalue weighted by Gasteiger charge is -2.31. The Kier molecular flexibility index (Phi) is 3.09. The predicted molar refractivity (Wildman–Crippen MR) is 74.1 cm³/mol. The van der Waals surface area contributed by atoms with Gasteiger partial charge in [-0.2, -0.15) is 0 Å². The molecule has 1 nitrogen and oxygen atoms in total. The van der Waals surface area contributed by atoms with Gasteiger partial charge in [-0.3, -0.25) is 0 Å². The van der Waals surface area contributed by atoms with E-state index in [9.17, 15) is 0 Å². The second-order valence-electron chi connectivity index (χ2n) is 4.44. The molecule has 17 heavy (non-hydrogen) atoms. The first-order chi connectivity index (χ1) is 8.74. The van der Waals surface area contributed by atoms with Gasteiger partial charge < -0.3 is 5.32 Å². The summed E-state index contributed by atoms with van der Waals surface area (Å²) in [5, 5.41) is 3.55. The predicted octanol–water partition coefficient (Wildman–Crippen LogP) is 4.42. The number of nitrogens with one attached hydrogen (secondary N) is 1. The maximum absolute atomic E-state index is 7.53. The Labute approximate surface area is 105 Å². The van der Waals surface area contributed by atoms with Crippen molar-refractivity contribution in [2.45, 2.75) is 25.8 Å². The molecule has 1 N–H and O–H groups in total. The molecule has 0 amide bonds. The van der Waals surface area contributed by atoms with Crippen molar-refractivity contribution in [2.24, 2.45) is 0 Å². The molecule has 1 unspecified atom stereocenters. The molecule has 2 aromatic carbocycles. The molecule has 0 aromatic heterocycles. The van der Waals surface area contributed by atoms with Gasteiger partial charge in [0, 0.05) is 7.06 Å². The highest BCUT2D eigenvalue weighted by Gasteiger charge is 2.23. The standard InChI is InChI=1S/C16H19N/c1-3-16(2,14-10-6-4-7-11-14)17-15-12-8-5-9-13-15/h4-13,17H,3H2,1-2H3/i1D. The molecule has 0 saturated heterocycles. The van der Waals surface area contributed by atoms with Crippen LogP contribution in [0, 0.1) is 0 Å². The first-order valence-electron chi connectivity index (χ1n) is 6.63. The summed E-state index contributed by atoms with van der Waals surface area (Å²) < 4.78 is 7.53. The normalized spacial score (nSPS) is 14.8. The second kappa shape index (κ2) is 5.05. The molecule has 2 rings (SSSR count). The molecular formula is C16H19N. The van der Waals surface area contributed by atoms with Crippen molar-refractivity contribution in [2.75, 3.05) is 5.32 Å². The van der Waals surface area contributed by atoms with Crippen molar-refractivity contribution < 1.29 is 1.37 Å². The number of hydrogen-bond acceptors (Lipinski definition) is 1. The van der Waals surface area contributed by atoms with Crippen LogP contribution in [0.25, 0.3) is 0 Å². The van der Waals surface area contributed by atoms with Gasteiger partial charge >= 0.3 is 0 Å². The molecule has 0 aliphatic rings. The SMILES string of the molecule is [2H]CCC(C)(Nc1ccccc1)c1ccccc1. The minimum Gasteiger partial charge on any atom is -0.376 e. The van der Waals surface area contributed by atoms with E-state index in [-0.39, 0.29) is 5.54 Å². The Morgan fingerprint density at radius 3 is 2.18 bits per heavy atom. The van der Waals surface area contributed by atoms with Crippen LogP contribution in [0.2, 0.25) is 0 Å². The zero-order valence-corrected chi connectivity index (χ0v) is 10.2. The summed E-state index contributed by atoms with van der Waals surface area (Å²) in [7, 11) is 0. The fourth-order valence-corrected chi connectivity index (χ4v) is 1.93. The molecule has 1 heteroatoms. The third-order valence-electron chi connectivity index (χ3n) is 3.10. The molecule has 0 bridgehead atoms. The molecule has 2 aromatic rings. The van der Waals surface area contributed by atoms with E-state index in [4.69, 9.17) is 1.37 Å². The largest absolute Gasteiger partial charge is 0.376 e. The second-order valence-corrected chi connectivity index (χ2v) is 4.44. The van der Waals surface area contributed by atoms with Gasteiger partial charge in [-0.1, -0.05) is 55.4 Å². The molecule has 88 valence electrons. The fourth-order valence-electron chi connectivity index (χ4n) is 1.93. The smallest absolute Gasteiger partial charge is 0.0594 e. The lowest BCUT2D eigenvalue weighted by Crippen LogP contribution is -2.30. The van der Waals surface area contributed by atoms with E-state index >= 15 is 0 Å². The fraction of sp³-hybridized carbons (Fsp3) is 0.250. The third-order valence-corrected chi connectivity index (χ3v) is 3.10. The molecule has 0 heterocycles. The number of rotatable bonds is 4. The maximum atomic E-state index is 7.53. The first-order valence-corrected chi connectivity index (χ1v) is 5.92. The monoisotopic (exact) mass is 226 g/mol. The van der Waals surface area contributed by atoms with Crippen molar-refractivity contribution in [3.05, 3.63) is 66.2 Å². The Hall–Kier alpha value is -1.76. The Balaban J connectivity index is 2.27. The summed E-state index contributed by atoms with van der Waals surface area (Å²) in [6.45, 7) is 2.56. The average molecular weight is 226 g/mol. The van der Waals surface area contributed by atoms with Crippen LogP contribution in [-0.2, 0) is 5.54 Å². The van der Waals surface area contributed by atoms with E-state index in [2.05, 4.69) is 36.5 Å². The van der Waals surface area contributed by atoms with E-state index in [1.165, 1.54) is 5.56 Å². The van der Waals surface area contributed by atoms with Crippen LogP contribution in [0.3, 0.4) is 0 Å². The quantitative estimate of drug-likeness (QED) is 0.813. The Morgan fingerprint density at radius 2 is 1.59 bits per heavy atom. The lowest BCUT2D eigenvalue weighted by atomic mass is 9.89. The van der Waals surface area contributed by atoms with Gasteiger partial charge in [0.05, 0.1) is 5.54 Å². The van der Waals surface area contributed by atoms with Crippen LogP contribution in [0.4, 0.5) is 5.69 Å². The number of anilines is 1. The van der Waals surface area contributed by atoms with Crippen LogP contribution >= 0.6 is 0 Å². The van der Waals surface area contributed by atoms with Crippen LogP contribution in [0.15, 0.2) is 60.7 Å². The van der Waals surface area contributed by atoms with Crippen LogP contribution in [0.5, 0.6) is 0 Å². The van der Waals surface area contributed by atoms with Crippen molar-refractivity contribution in [1.29, 1.82) is 0 Å². The molecule has 1 atom stereocenters. The average Bonchev–Trinajstić information content (AvgIpc) is 2.41. The molecule has 0 saturated carbocycles. The molecule has 0 spiro atoms. The van der Waals surface area contributed by atoms with E-state index in [1.54, 1.807) is 0 Å². The lowest BCUT2D eigenvalue weighted by molar-refractivity contribution is 0.523. The summed E-state index contributed by atoms with van der Waals surface area (Å²) in [4.78, 5) is 0. The highest BCUT2D eigenvalue weighted by Crippen LogP contribution is 2.28. The summed E-state index contributed by atoms with van der Waals surface area (Å²) >= 11 is 0. The zero-order chi connectivity index (χ0) is 12.8. The van der Waals surface area contributed by atoms with Gasteiger partial charge in [-0.05, 0) is 31.0 Å². The summed E-state index contributed by atoms with van der Waals surface area (Å²) in [5.41, 5.74) is 2.13. The zero-order valence-electron chi connectivity index (χ0n) is 11.2. The van der Waals surface area contributed by atoms with Gasteiger partial charge in [-0.15, -0.1) is 0 Å². The van der Waals surface area contributed by atoms with Crippen molar-refractivity contribution >= 4 is 5.69 Å². The van der Waals surface area contributed by atoms with Crippen LogP contribution in [-0.4, -0.2) is 0 Å². The van der Waals surface area contributed by atoms with Gasteiger partial charge in [-0.25, -0.2) is 0 Å². The van der Waals surface area contributed by atoms with E-state index in [0.717, 1.165) is 12.1 Å². The first kappa shape index (κ1) is 10.4. The van der Waals surface area contributed by atoms with E-state index in [0.29, 0.717) is 6.90 Å². The minimum absolute atomic E-state index is 0.190. The van der Waals surface area contributed by atoms with Crippen molar-refractivity contribution in [3.8, 4) is 0 Å². The molecular weight excluding hydrogens is 206 g/mol. The topological polar surface area (TPSA) is 12.0 Å². The van der Waals surface area contributed by atoms with E-state index < -0.39 is 0 Å². The highest BCUT2D eigenvalue weighted by molar-refractivity contribution is 5.47. The van der Waals surface area contributed by atoms with Gasteiger partial charge in [0.2, 0.25) is 0 Å². The maximum Gasteiger partial charge on any atom is 0.0594 e. The Morgan fingerprint density at radius 1 is 1.00 bits per heavy atom. The molecule has 0 aliphatic carbocycles. The van der Waals surface area contributed by atoms with Gasteiger partial charge in [0.15, 0.2) is 0 Å². The molecule has 0 fully saturated rings. The highest BCUT2D eigenvalue weighted by atomic mass is 15.0. The van der Waals surface area contributed by atoms with Gasteiger partial charge in [0.25, 0.3) is 0 Å². The Bertz CT molecular complexity index is 469. The van der Waals surface area contributed by atoms with Gasteiger partial charge in [0.1, 0.15) is 0 Å². The van der Waals surface area contributed by atoms with Crippen LogP contribution in [0.1, 0.15) is 27.2 Å².